The number of rotatable bonds is 4. The molecule has 1 aromatic rings. The fourth-order valence-corrected chi connectivity index (χ4v) is 3.56. The largest absolute Gasteiger partial charge is 0.466 e. The van der Waals surface area contributed by atoms with Crippen LogP contribution in [0.25, 0.3) is 0 Å². The first kappa shape index (κ1) is 14.0. The van der Waals surface area contributed by atoms with Gasteiger partial charge in [-0.2, -0.15) is 9.40 Å². The summed E-state index contributed by atoms with van der Waals surface area (Å²) in [5, 5.41) is 6.15. The van der Waals surface area contributed by atoms with E-state index in [2.05, 4.69) is 10.2 Å². The second-order valence-corrected chi connectivity index (χ2v) is 6.28. The van der Waals surface area contributed by atoms with Crippen molar-refractivity contribution in [3.05, 3.63) is 12.3 Å². The molecule has 0 bridgehead atoms. The molecule has 1 N–H and O–H groups in total. The first-order chi connectivity index (χ1) is 9.05. The van der Waals surface area contributed by atoms with E-state index in [0.717, 1.165) is 0 Å². The molecule has 1 fully saturated rings. The van der Waals surface area contributed by atoms with E-state index < -0.39 is 10.0 Å². The quantitative estimate of drug-likeness (QED) is 0.808. The molecule has 0 aliphatic carbocycles. The van der Waals surface area contributed by atoms with E-state index in [1.165, 1.54) is 16.6 Å². The zero-order chi connectivity index (χ0) is 13.9. The first-order valence-electron chi connectivity index (χ1n) is 6.22. The van der Waals surface area contributed by atoms with Crippen molar-refractivity contribution < 1.29 is 17.9 Å². The topological polar surface area (TPSA) is 92.4 Å². The summed E-state index contributed by atoms with van der Waals surface area (Å²) in [6.45, 7) is 2.62. The maximum absolute atomic E-state index is 12.3. The standard InChI is InChI=1S/C11H17N3O4S/c1-2-18-11(15)9-4-3-7-14(8-9)19(16,17)10-5-6-12-13-10/h5-6,9H,2-4,7-8H2,1H3,(H,12,13). The third-order valence-electron chi connectivity index (χ3n) is 3.10. The molecule has 8 heteroatoms. The van der Waals surface area contributed by atoms with Gasteiger partial charge in [-0.25, -0.2) is 8.42 Å². The Morgan fingerprint density at radius 3 is 3.05 bits per heavy atom. The molecule has 0 spiro atoms. The molecular weight excluding hydrogens is 270 g/mol. The summed E-state index contributed by atoms with van der Waals surface area (Å²) in [7, 11) is -3.59. The Bertz CT molecular complexity index is 526. The third-order valence-corrected chi connectivity index (χ3v) is 4.89. The van der Waals surface area contributed by atoms with E-state index >= 15 is 0 Å². The van der Waals surface area contributed by atoms with Crippen molar-refractivity contribution in [2.45, 2.75) is 24.8 Å². The third kappa shape index (κ3) is 2.95. The van der Waals surface area contributed by atoms with Gasteiger partial charge in [-0.3, -0.25) is 9.89 Å². The lowest BCUT2D eigenvalue weighted by Gasteiger charge is -2.30. The number of aromatic amines is 1. The predicted octanol–water partition coefficient (Wildman–Crippen LogP) is 0.373. The van der Waals surface area contributed by atoms with Gasteiger partial charge in [-0.15, -0.1) is 0 Å². The van der Waals surface area contributed by atoms with E-state index in [-0.39, 0.29) is 23.5 Å². The fourth-order valence-electron chi connectivity index (χ4n) is 2.14. The summed E-state index contributed by atoms with van der Waals surface area (Å²) in [4.78, 5) is 11.7. The highest BCUT2D eigenvalue weighted by molar-refractivity contribution is 7.89. The summed E-state index contributed by atoms with van der Waals surface area (Å²) in [5.74, 6) is -0.710. The first-order valence-corrected chi connectivity index (χ1v) is 7.66. The summed E-state index contributed by atoms with van der Waals surface area (Å²) >= 11 is 0. The maximum Gasteiger partial charge on any atom is 0.310 e. The van der Waals surface area contributed by atoms with Crippen LogP contribution in [0.3, 0.4) is 0 Å². The Morgan fingerprint density at radius 2 is 2.42 bits per heavy atom. The number of H-pyrrole nitrogens is 1. The summed E-state index contributed by atoms with van der Waals surface area (Å²) in [5.41, 5.74) is 0. The average molecular weight is 287 g/mol. The minimum absolute atomic E-state index is 0.0528. The maximum atomic E-state index is 12.3. The Hall–Kier alpha value is -1.41. The number of ether oxygens (including phenoxy) is 1. The number of sulfonamides is 1. The van der Waals surface area contributed by atoms with Crippen LogP contribution in [-0.4, -0.2) is 48.6 Å². The van der Waals surface area contributed by atoms with Crippen molar-refractivity contribution in [1.82, 2.24) is 14.5 Å². The molecule has 2 heterocycles. The molecule has 106 valence electrons. The van der Waals surface area contributed by atoms with Crippen LogP contribution >= 0.6 is 0 Å². The van der Waals surface area contributed by atoms with Crippen molar-refractivity contribution in [2.24, 2.45) is 5.92 Å². The van der Waals surface area contributed by atoms with Gasteiger partial charge in [0.2, 0.25) is 0 Å². The molecule has 19 heavy (non-hydrogen) atoms. The number of hydrogen-bond acceptors (Lipinski definition) is 5. The highest BCUT2D eigenvalue weighted by Crippen LogP contribution is 2.23. The van der Waals surface area contributed by atoms with Crippen LogP contribution in [-0.2, 0) is 19.6 Å². The zero-order valence-corrected chi connectivity index (χ0v) is 11.5. The lowest BCUT2D eigenvalue weighted by atomic mass is 10.0. The van der Waals surface area contributed by atoms with Gasteiger partial charge in [-0.05, 0) is 25.8 Å². The summed E-state index contributed by atoms with van der Waals surface area (Å²) < 4.78 is 30.8. The number of carbonyl (C=O) groups is 1. The molecule has 0 aromatic carbocycles. The Balaban J connectivity index is 2.11. The minimum atomic E-state index is -3.59. The van der Waals surface area contributed by atoms with Crippen LogP contribution in [0.2, 0.25) is 0 Å². The molecule has 1 aliphatic rings. The van der Waals surface area contributed by atoms with E-state index in [1.54, 1.807) is 6.92 Å². The van der Waals surface area contributed by atoms with Crippen LogP contribution in [0.1, 0.15) is 19.8 Å². The predicted molar refractivity (Wildman–Crippen MR) is 66.7 cm³/mol. The van der Waals surface area contributed by atoms with Gasteiger partial charge in [-0.1, -0.05) is 0 Å². The van der Waals surface area contributed by atoms with Crippen molar-refractivity contribution in [1.29, 1.82) is 0 Å². The normalized spacial score (nSPS) is 21.2. The van der Waals surface area contributed by atoms with Crippen LogP contribution in [0.5, 0.6) is 0 Å². The van der Waals surface area contributed by atoms with Gasteiger partial charge in [0.15, 0.2) is 5.03 Å². The Kier molecular flexibility index (Phi) is 4.20. The van der Waals surface area contributed by atoms with Crippen LogP contribution < -0.4 is 0 Å². The van der Waals surface area contributed by atoms with Gasteiger partial charge in [0.05, 0.1) is 18.7 Å². The van der Waals surface area contributed by atoms with Crippen molar-refractivity contribution in [2.75, 3.05) is 19.7 Å². The summed E-state index contributed by atoms with van der Waals surface area (Å²) in [6, 6.07) is 1.41. The molecule has 7 nitrogen and oxygen atoms in total. The van der Waals surface area contributed by atoms with Gasteiger partial charge >= 0.3 is 5.97 Å². The van der Waals surface area contributed by atoms with Gasteiger partial charge in [0, 0.05) is 13.1 Å². The Morgan fingerprint density at radius 1 is 1.63 bits per heavy atom. The molecule has 1 aliphatic heterocycles. The van der Waals surface area contributed by atoms with Crippen molar-refractivity contribution in [3.63, 3.8) is 0 Å². The van der Waals surface area contributed by atoms with E-state index in [4.69, 9.17) is 4.74 Å². The van der Waals surface area contributed by atoms with Crippen molar-refractivity contribution in [3.8, 4) is 0 Å². The number of hydrogen-bond donors (Lipinski definition) is 1. The lowest BCUT2D eigenvalue weighted by molar-refractivity contribution is -0.149. The summed E-state index contributed by atoms with van der Waals surface area (Å²) in [6.07, 6.45) is 2.70. The van der Waals surface area contributed by atoms with Gasteiger partial charge in [0.25, 0.3) is 10.0 Å². The van der Waals surface area contributed by atoms with Crippen LogP contribution in [0, 0.1) is 5.92 Å². The second-order valence-electron chi connectivity index (χ2n) is 4.38. The smallest absolute Gasteiger partial charge is 0.310 e. The monoisotopic (exact) mass is 287 g/mol. The van der Waals surface area contributed by atoms with Crippen LogP contribution in [0.15, 0.2) is 17.3 Å². The zero-order valence-electron chi connectivity index (χ0n) is 10.7. The molecule has 1 atom stereocenters. The highest BCUT2D eigenvalue weighted by Gasteiger charge is 2.34. The molecule has 0 saturated carbocycles. The van der Waals surface area contributed by atoms with E-state index in [9.17, 15) is 13.2 Å². The molecule has 0 radical (unpaired) electrons. The molecule has 2 rings (SSSR count). The molecule has 0 amide bonds. The number of aromatic nitrogens is 2. The molecule has 1 aromatic heterocycles. The van der Waals surface area contributed by atoms with Gasteiger partial charge in [0.1, 0.15) is 0 Å². The van der Waals surface area contributed by atoms with Crippen LogP contribution in [0.4, 0.5) is 0 Å². The number of carbonyl (C=O) groups excluding carboxylic acids is 1. The highest BCUT2D eigenvalue weighted by atomic mass is 32.2. The number of piperidine rings is 1. The van der Waals surface area contributed by atoms with Crippen molar-refractivity contribution >= 4 is 16.0 Å². The van der Waals surface area contributed by atoms with E-state index in [0.29, 0.717) is 26.0 Å². The number of esters is 1. The average Bonchev–Trinajstić information content (AvgIpc) is 2.94. The number of nitrogens with zero attached hydrogens (tertiary/aromatic N) is 2. The Labute approximate surface area is 112 Å². The fraction of sp³-hybridized carbons (Fsp3) is 0.636. The van der Waals surface area contributed by atoms with E-state index in [1.807, 2.05) is 0 Å². The SMILES string of the molecule is CCOC(=O)C1CCCN(S(=O)(=O)c2ccn[nH]2)C1. The van der Waals surface area contributed by atoms with Gasteiger partial charge < -0.3 is 4.74 Å². The second kappa shape index (κ2) is 5.70. The number of nitrogens with one attached hydrogen (secondary N) is 1. The lowest BCUT2D eigenvalue weighted by Crippen LogP contribution is -2.42. The molecule has 1 unspecified atom stereocenters. The minimum Gasteiger partial charge on any atom is -0.466 e. The molecule has 1 saturated heterocycles. The molecular formula is C11H17N3O4S.